The van der Waals surface area contributed by atoms with Crippen LogP contribution in [0.2, 0.25) is 0 Å². The Hall–Kier alpha value is -12.4. The maximum absolute atomic E-state index is 13.0. The second kappa shape index (κ2) is 62.9. The predicted molar refractivity (Wildman–Crippen MR) is 518 cm³/mol. The smallest absolute Gasteiger partial charge is 1.00 e. The molecule has 0 aromatic heterocycles. The summed E-state index contributed by atoms with van der Waals surface area (Å²) < 4.78 is 26.5. The number of nitrogens with two attached hydrogens (primary N) is 1. The molecule has 0 bridgehead atoms. The molecule has 5 aliphatic rings. The number of hydrogen-bond acceptors (Lipinski definition) is 26. The monoisotopic (exact) mass is 2030 g/mol. The number of Topliss-reactive ketones (excluding diaryl/α,β-unsaturated/α-hetero) is 6. The molecule has 4 N–H and O–H groups in total. The number of aliphatic carboxylic acids is 2. The van der Waals surface area contributed by atoms with E-state index in [1.54, 1.807) is 153 Å². The molecular weight excluding hydrogens is 1910 g/mol. The molecular formula is C107H124Cl3LiMgN4O27. The Morgan fingerprint density at radius 1 is 0.371 bits per heavy atom. The van der Waals surface area contributed by atoms with Gasteiger partial charge in [-0.1, -0.05) is 229 Å². The van der Waals surface area contributed by atoms with Gasteiger partial charge >= 0.3 is 83.9 Å². The number of imide groups is 3. The summed E-state index contributed by atoms with van der Waals surface area (Å²) in [5, 5.41) is 16.5. The van der Waals surface area contributed by atoms with Crippen LogP contribution in [0.1, 0.15) is 314 Å². The van der Waals surface area contributed by atoms with E-state index in [0.717, 1.165) is 52.4 Å². The van der Waals surface area contributed by atoms with Crippen LogP contribution in [0.5, 0.6) is 0 Å². The average molecular weight is 2040 g/mol. The number of methoxy groups -OCH3 is 4. The Morgan fingerprint density at radius 3 is 0.902 bits per heavy atom. The molecule has 8 aromatic rings. The molecule has 143 heavy (non-hydrogen) atoms. The van der Waals surface area contributed by atoms with Gasteiger partial charge in [0, 0.05) is 80.8 Å². The largest absolute Gasteiger partial charge is 2.00 e. The van der Waals surface area contributed by atoms with Crippen molar-refractivity contribution < 1.29 is 186 Å². The molecule has 6 amide bonds. The van der Waals surface area contributed by atoms with Crippen LogP contribution in [-0.4, -0.2) is 228 Å². The predicted octanol–water partition coefficient (Wildman–Crippen LogP) is 4.51. The minimum atomic E-state index is -1.59. The Bertz CT molecular complexity index is 5570. The first-order valence-corrected chi connectivity index (χ1v) is 44.7. The molecule has 0 saturated carbocycles. The summed E-state index contributed by atoms with van der Waals surface area (Å²) in [6.07, 6.45) is 3.00. The van der Waals surface area contributed by atoms with Crippen LogP contribution in [0.25, 0.3) is 0 Å². The van der Waals surface area contributed by atoms with Crippen molar-refractivity contribution in [2.24, 2.45) is 11.7 Å². The minimum absolute atomic E-state index is 0. The molecule has 36 heteroatoms. The standard InChI is InChI=1S/C26H27NO6.C24H25NO4.C14H18O3.C12H11NO4.C12H16O.C8H4O3.C4H9NO2.C4H8O.C3H6O3.3ClH.Li.Mg/c1-26(2,3)17-13-11-16(12-14-17)22(29)21(25(32)33-4)20(28)10-7-15-27-23(30)18-8-5-6-9-19(18)24(27)31;1-24(2,3)17-12-10-16(11-13-17)21(27)15-18(26)7-6-14-25-22(28)19-8-4-5-9-20(19)23(25)29;1-14(2,3)11-7-5-10(6-8-11)12(15)9-13(16)17-4;14-10(15)6-3-7-13-11(16)8-4-1-2-5-9(8)12(13)17;1-9(13)10-5-7-11(8-6-10)12(2,3)4;9-7-5-3-1-2-4-6(5)8(10)11-7;5-3-1-2-4(6)7;1-2-4-5-3-1;1-5-3(4)6-2;;;;;/h5-6,8-9,11-14,21H,7,10,15H2,1-4H3;4-5,8-13H,6-7,14-15H2,1-3H3;5-8H,9H2,1-4H3;1-2,4-5H,3,6-7H2,(H,14,15);5-8H,1-4H3;1-4H;1-3,5H2,(H,6,7);1-4H2;1-2H3;3*1H;;/q;;;;;;;;;;;;+1;+2/p-3. The summed E-state index contributed by atoms with van der Waals surface area (Å²) in [4.78, 5) is 224. The van der Waals surface area contributed by atoms with Crippen LogP contribution < -0.4 is 61.8 Å². The van der Waals surface area contributed by atoms with Crippen LogP contribution in [0, 0.1) is 5.92 Å². The average Bonchev–Trinajstić information content (AvgIpc) is 1.65. The van der Waals surface area contributed by atoms with Crippen molar-refractivity contribution in [3.05, 3.63) is 283 Å². The molecule has 0 radical (unpaired) electrons. The summed E-state index contributed by atoms with van der Waals surface area (Å²) in [6.45, 7) is 29.6. The van der Waals surface area contributed by atoms with Gasteiger partial charge in [-0.15, -0.1) is 0 Å². The van der Waals surface area contributed by atoms with Crippen molar-refractivity contribution in [1.82, 2.24) is 14.7 Å². The molecule has 1 fully saturated rings. The second-order valence-corrected chi connectivity index (χ2v) is 36.1. The minimum Gasteiger partial charge on any atom is -1.00 e. The zero-order valence-corrected chi connectivity index (χ0v) is 87.8. The summed E-state index contributed by atoms with van der Waals surface area (Å²) in [7, 11) is 4.91. The fraction of sp³-hybridized carbons (Fsp3) is 0.374. The van der Waals surface area contributed by atoms with Crippen molar-refractivity contribution in [3.63, 3.8) is 0 Å². The molecule has 31 nitrogen and oxygen atoms in total. The van der Waals surface area contributed by atoms with E-state index >= 15 is 0 Å². The van der Waals surface area contributed by atoms with Gasteiger partial charge in [0.05, 0.1) is 79.4 Å². The topological polar surface area (TPSA) is 456 Å². The quantitative estimate of drug-likeness (QED) is 0.0168. The number of rotatable bonds is 26. The van der Waals surface area contributed by atoms with E-state index in [1.165, 1.54) is 44.6 Å². The number of halogens is 3. The zero-order valence-electron chi connectivity index (χ0n) is 84.1. The summed E-state index contributed by atoms with van der Waals surface area (Å²) >= 11 is 0. The maximum Gasteiger partial charge on any atom is 2.00 e. The van der Waals surface area contributed by atoms with Crippen LogP contribution in [-0.2, 0) is 78.8 Å². The normalized spacial score (nSPS) is 12.7. The van der Waals surface area contributed by atoms with Crippen LogP contribution >= 0.6 is 0 Å². The first kappa shape index (κ1) is 131. The SMILES string of the molecule is C1CCOC1.CC(=O)c1ccc(C(C)(C)C)cc1.CC(C)(C)c1ccc(C(=O)CC(=O)CCCN2C(=O)c3ccccc3C2=O)cc1.COC(=O)C(C(=O)CCCN1C(=O)c2ccccc2C1=O)C(=O)c1ccc(C(C)(C)C)cc1.COC(=O)CC(=O)c1ccc(C(C)(C)C)cc1.COC(=O)OC.NCCCC(=O)O.O=C(O)CCCN1C(=O)c2ccccc2C1=O.O=C1OC(=O)c2ccccc21.[Cl-].[Cl-].[Cl-].[Li+].[Mg+2]. The molecule has 8 aromatic carbocycles. The number of cyclic esters (lactones) is 2. The fourth-order valence-corrected chi connectivity index (χ4v) is 13.6. The first-order valence-electron chi connectivity index (χ1n) is 44.7. The number of benzene rings is 8. The Morgan fingerprint density at radius 2 is 0.650 bits per heavy atom. The second-order valence-electron chi connectivity index (χ2n) is 36.1. The van der Waals surface area contributed by atoms with Gasteiger partial charge in [-0.3, -0.25) is 91.4 Å². The van der Waals surface area contributed by atoms with Crippen molar-refractivity contribution >= 4 is 135 Å². The number of esters is 4. The Balaban J connectivity index is 0.00000167. The zero-order chi connectivity index (χ0) is 103. The van der Waals surface area contributed by atoms with Gasteiger partial charge in [0.25, 0.3) is 35.4 Å². The third kappa shape index (κ3) is 41.1. The molecule has 1 unspecified atom stereocenters. The van der Waals surface area contributed by atoms with Gasteiger partial charge in [0.15, 0.2) is 34.8 Å². The number of nitrogens with zero attached hydrogens (tertiary/aromatic N) is 3. The van der Waals surface area contributed by atoms with Gasteiger partial charge in [-0.2, -0.15) is 0 Å². The summed E-state index contributed by atoms with van der Waals surface area (Å²) in [5.74, 6) is -9.70. The number of carbonyl (C=O) groups is 19. The molecule has 1 atom stereocenters. The van der Waals surface area contributed by atoms with Crippen LogP contribution in [0.3, 0.4) is 0 Å². The van der Waals surface area contributed by atoms with Crippen molar-refractivity contribution in [2.45, 2.75) is 189 Å². The fourth-order valence-electron chi connectivity index (χ4n) is 13.6. The van der Waals surface area contributed by atoms with E-state index in [2.05, 4.69) is 81.3 Å². The maximum atomic E-state index is 13.0. The number of fused-ring (bicyclic) bond motifs is 4. The molecule has 13 rings (SSSR count). The molecule has 0 spiro atoms. The molecule has 0 aliphatic carbocycles. The molecule has 5 aliphatic heterocycles. The van der Waals surface area contributed by atoms with Gasteiger partial charge < -0.3 is 81.6 Å². The van der Waals surface area contributed by atoms with E-state index < -0.39 is 71.3 Å². The van der Waals surface area contributed by atoms with Crippen LogP contribution in [0.4, 0.5) is 4.79 Å². The first-order chi connectivity index (χ1) is 65.0. The Kier molecular flexibility index (Phi) is 57.5. The number of carbonyl (C=O) groups excluding carboxylic acids is 17. The third-order valence-corrected chi connectivity index (χ3v) is 21.6. The number of amides is 6. The van der Waals surface area contributed by atoms with Crippen LogP contribution in [0.15, 0.2) is 194 Å². The van der Waals surface area contributed by atoms with E-state index in [4.69, 9.17) is 25.4 Å². The summed E-state index contributed by atoms with van der Waals surface area (Å²) in [5.41, 5.74) is 14.8. The molecule has 5 heterocycles. The van der Waals surface area contributed by atoms with Gasteiger partial charge in [0.1, 0.15) is 12.2 Å². The number of ether oxygens (including phenoxy) is 6. The van der Waals surface area contributed by atoms with Gasteiger partial charge in [0.2, 0.25) is 0 Å². The Labute approximate surface area is 880 Å². The number of hydrogen-bond donors (Lipinski definition) is 3. The molecule has 758 valence electrons. The van der Waals surface area contributed by atoms with E-state index in [1.807, 2.05) is 69.3 Å². The van der Waals surface area contributed by atoms with Gasteiger partial charge in [-0.05, 0) is 144 Å². The summed E-state index contributed by atoms with van der Waals surface area (Å²) in [6, 6.07) is 55.7. The molecule has 1 saturated heterocycles. The van der Waals surface area contributed by atoms with E-state index in [0.29, 0.717) is 75.0 Å². The number of carboxylic acids is 2. The number of carboxylic acid groups (broad SMARTS) is 2. The van der Waals surface area contributed by atoms with Crippen molar-refractivity contribution in [3.8, 4) is 0 Å². The van der Waals surface area contributed by atoms with Crippen molar-refractivity contribution in [2.75, 3.05) is 67.8 Å². The van der Waals surface area contributed by atoms with E-state index in [-0.39, 0.29) is 224 Å². The number of ketones is 6. The van der Waals surface area contributed by atoms with E-state index in [9.17, 15) is 91.1 Å². The van der Waals surface area contributed by atoms with Crippen molar-refractivity contribution in [1.29, 1.82) is 0 Å². The third-order valence-electron chi connectivity index (χ3n) is 21.6. The van der Waals surface area contributed by atoms with Gasteiger partial charge in [-0.25, -0.2) is 14.4 Å².